The topological polar surface area (TPSA) is 78.3 Å². The fourth-order valence-corrected chi connectivity index (χ4v) is 1.54. The number of rotatable bonds is 8. The molecule has 1 N–H and O–H groups in total. The predicted octanol–water partition coefficient (Wildman–Crippen LogP) is 0.874. The molecule has 19 heavy (non-hydrogen) atoms. The lowest BCUT2D eigenvalue weighted by molar-refractivity contribution is -0.142. The Hall–Kier alpha value is -1.47. The van der Waals surface area contributed by atoms with E-state index in [1.165, 1.54) is 4.68 Å². The lowest BCUT2D eigenvalue weighted by Gasteiger charge is -2.13. The average molecular weight is 270 g/mol. The standard InChI is InChI=1S/C12H22N4O3/c1-5-18-12(19-6-2)10-7-16(15-14-10)8-11(17)13-9(3)4/h7,9,12H,5-6,8H2,1-4H3,(H,13,17). The van der Waals surface area contributed by atoms with Crippen LogP contribution in [0.2, 0.25) is 0 Å². The van der Waals surface area contributed by atoms with Gasteiger partial charge in [0.25, 0.3) is 0 Å². The number of hydrogen-bond donors (Lipinski definition) is 1. The molecule has 0 aromatic carbocycles. The second-order valence-electron chi connectivity index (χ2n) is 4.31. The molecular weight excluding hydrogens is 248 g/mol. The molecule has 0 unspecified atom stereocenters. The first-order valence-corrected chi connectivity index (χ1v) is 6.49. The summed E-state index contributed by atoms with van der Waals surface area (Å²) in [6, 6.07) is 0.107. The summed E-state index contributed by atoms with van der Waals surface area (Å²) < 4.78 is 12.3. The minimum atomic E-state index is -0.531. The predicted molar refractivity (Wildman–Crippen MR) is 69.3 cm³/mol. The van der Waals surface area contributed by atoms with Gasteiger partial charge >= 0.3 is 0 Å². The van der Waals surface area contributed by atoms with Crippen LogP contribution in [0.1, 0.15) is 39.7 Å². The summed E-state index contributed by atoms with van der Waals surface area (Å²) in [7, 11) is 0. The summed E-state index contributed by atoms with van der Waals surface area (Å²) in [5.41, 5.74) is 0.570. The number of ether oxygens (including phenoxy) is 2. The summed E-state index contributed by atoms with van der Waals surface area (Å²) in [4.78, 5) is 11.6. The van der Waals surface area contributed by atoms with Gasteiger partial charge in [-0.15, -0.1) is 5.10 Å². The number of nitrogens with zero attached hydrogens (tertiary/aromatic N) is 3. The summed E-state index contributed by atoms with van der Waals surface area (Å²) in [6.07, 6.45) is 1.13. The van der Waals surface area contributed by atoms with E-state index >= 15 is 0 Å². The van der Waals surface area contributed by atoms with Crippen LogP contribution in [0.15, 0.2) is 6.20 Å². The van der Waals surface area contributed by atoms with Crippen molar-refractivity contribution >= 4 is 5.91 Å². The SMILES string of the molecule is CCOC(OCC)c1cn(CC(=O)NC(C)C)nn1. The van der Waals surface area contributed by atoms with E-state index < -0.39 is 6.29 Å². The van der Waals surface area contributed by atoms with Crippen LogP contribution in [0.25, 0.3) is 0 Å². The van der Waals surface area contributed by atoms with Crippen molar-refractivity contribution in [1.82, 2.24) is 20.3 Å². The number of amides is 1. The van der Waals surface area contributed by atoms with E-state index in [9.17, 15) is 4.79 Å². The van der Waals surface area contributed by atoms with E-state index in [1.807, 2.05) is 27.7 Å². The first kappa shape index (κ1) is 15.6. The lowest BCUT2D eigenvalue weighted by Crippen LogP contribution is -2.33. The van der Waals surface area contributed by atoms with E-state index in [-0.39, 0.29) is 18.5 Å². The molecule has 7 nitrogen and oxygen atoms in total. The average Bonchev–Trinajstić information content (AvgIpc) is 2.76. The Morgan fingerprint density at radius 2 is 2.00 bits per heavy atom. The van der Waals surface area contributed by atoms with Gasteiger partial charge in [-0.2, -0.15) is 0 Å². The largest absolute Gasteiger partial charge is 0.352 e. The van der Waals surface area contributed by atoms with Crippen molar-refractivity contribution in [3.63, 3.8) is 0 Å². The van der Waals surface area contributed by atoms with Gasteiger partial charge < -0.3 is 14.8 Å². The summed E-state index contributed by atoms with van der Waals surface area (Å²) in [5.74, 6) is -0.101. The Morgan fingerprint density at radius 1 is 1.37 bits per heavy atom. The van der Waals surface area contributed by atoms with Gasteiger partial charge in [0.2, 0.25) is 12.2 Å². The summed E-state index contributed by atoms with van der Waals surface area (Å²) in [6.45, 7) is 8.75. The highest BCUT2D eigenvalue weighted by molar-refractivity contribution is 5.75. The molecule has 0 radical (unpaired) electrons. The Balaban J connectivity index is 2.61. The number of hydrogen-bond acceptors (Lipinski definition) is 5. The van der Waals surface area contributed by atoms with Crippen molar-refractivity contribution in [1.29, 1.82) is 0 Å². The third kappa shape index (κ3) is 5.35. The van der Waals surface area contributed by atoms with Gasteiger partial charge in [-0.3, -0.25) is 4.79 Å². The van der Waals surface area contributed by atoms with Gasteiger partial charge in [0.15, 0.2) is 0 Å². The monoisotopic (exact) mass is 270 g/mol. The van der Waals surface area contributed by atoms with Crippen molar-refractivity contribution in [3.05, 3.63) is 11.9 Å². The molecule has 0 spiro atoms. The van der Waals surface area contributed by atoms with Gasteiger partial charge in [0, 0.05) is 19.3 Å². The first-order chi connectivity index (χ1) is 9.06. The zero-order valence-corrected chi connectivity index (χ0v) is 11.9. The Bertz CT molecular complexity index is 386. The highest BCUT2D eigenvalue weighted by atomic mass is 16.7. The molecule has 0 aliphatic carbocycles. The number of nitrogens with one attached hydrogen (secondary N) is 1. The third-order valence-corrected chi connectivity index (χ3v) is 2.19. The maximum atomic E-state index is 11.6. The summed E-state index contributed by atoms with van der Waals surface area (Å²) >= 11 is 0. The zero-order chi connectivity index (χ0) is 14.3. The normalized spacial score (nSPS) is 11.3. The minimum absolute atomic E-state index is 0.101. The highest BCUT2D eigenvalue weighted by Crippen LogP contribution is 2.15. The molecule has 108 valence electrons. The fourth-order valence-electron chi connectivity index (χ4n) is 1.54. The van der Waals surface area contributed by atoms with Gasteiger partial charge in [0.05, 0.1) is 6.20 Å². The highest BCUT2D eigenvalue weighted by Gasteiger charge is 2.16. The van der Waals surface area contributed by atoms with Crippen molar-refractivity contribution in [2.45, 2.75) is 46.6 Å². The Kier molecular flexibility index (Phi) is 6.44. The smallest absolute Gasteiger partial charge is 0.241 e. The van der Waals surface area contributed by atoms with Crippen LogP contribution in [0.3, 0.4) is 0 Å². The van der Waals surface area contributed by atoms with E-state index in [0.29, 0.717) is 18.9 Å². The molecule has 1 aromatic heterocycles. The fraction of sp³-hybridized carbons (Fsp3) is 0.750. The van der Waals surface area contributed by atoms with E-state index in [4.69, 9.17) is 9.47 Å². The number of aromatic nitrogens is 3. The molecule has 0 saturated heterocycles. The van der Waals surface area contributed by atoms with Crippen LogP contribution in [-0.2, 0) is 20.8 Å². The molecule has 1 aromatic rings. The Labute approximate surface area is 113 Å². The van der Waals surface area contributed by atoms with Crippen LogP contribution in [0.4, 0.5) is 0 Å². The molecule has 1 rings (SSSR count). The van der Waals surface area contributed by atoms with Gasteiger partial charge in [-0.1, -0.05) is 5.21 Å². The van der Waals surface area contributed by atoms with Crippen molar-refractivity contribution in [2.75, 3.05) is 13.2 Å². The molecule has 0 aliphatic heterocycles. The molecular formula is C12H22N4O3. The van der Waals surface area contributed by atoms with Gasteiger partial charge in [0.1, 0.15) is 12.2 Å². The first-order valence-electron chi connectivity index (χ1n) is 6.49. The quantitative estimate of drug-likeness (QED) is 0.709. The summed E-state index contributed by atoms with van der Waals surface area (Å²) in [5, 5.41) is 10.7. The molecule has 0 saturated carbocycles. The van der Waals surface area contributed by atoms with E-state index in [2.05, 4.69) is 15.6 Å². The molecule has 1 amide bonds. The van der Waals surface area contributed by atoms with Crippen LogP contribution in [-0.4, -0.2) is 40.2 Å². The maximum Gasteiger partial charge on any atom is 0.241 e. The van der Waals surface area contributed by atoms with Crippen molar-refractivity contribution < 1.29 is 14.3 Å². The van der Waals surface area contributed by atoms with Crippen molar-refractivity contribution in [2.24, 2.45) is 0 Å². The Morgan fingerprint density at radius 3 is 2.53 bits per heavy atom. The van der Waals surface area contributed by atoms with Crippen LogP contribution in [0, 0.1) is 0 Å². The molecule has 0 fully saturated rings. The molecule has 0 bridgehead atoms. The zero-order valence-electron chi connectivity index (χ0n) is 11.9. The van der Waals surface area contributed by atoms with E-state index in [1.54, 1.807) is 6.20 Å². The molecule has 1 heterocycles. The van der Waals surface area contributed by atoms with Crippen LogP contribution < -0.4 is 5.32 Å². The van der Waals surface area contributed by atoms with Gasteiger partial charge in [-0.05, 0) is 27.7 Å². The molecule has 0 aliphatic rings. The lowest BCUT2D eigenvalue weighted by atomic mass is 10.4. The molecule has 0 atom stereocenters. The van der Waals surface area contributed by atoms with Gasteiger partial charge in [-0.25, -0.2) is 4.68 Å². The third-order valence-electron chi connectivity index (χ3n) is 2.19. The minimum Gasteiger partial charge on any atom is -0.352 e. The van der Waals surface area contributed by atoms with Crippen LogP contribution >= 0.6 is 0 Å². The van der Waals surface area contributed by atoms with Crippen LogP contribution in [0.5, 0.6) is 0 Å². The molecule has 7 heteroatoms. The maximum absolute atomic E-state index is 11.6. The van der Waals surface area contributed by atoms with E-state index in [0.717, 1.165) is 0 Å². The second kappa shape index (κ2) is 7.85. The number of carbonyl (C=O) groups excluding carboxylic acids is 1. The second-order valence-corrected chi connectivity index (χ2v) is 4.31. The number of carbonyl (C=O) groups is 1. The van der Waals surface area contributed by atoms with Crippen molar-refractivity contribution in [3.8, 4) is 0 Å².